The van der Waals surface area contributed by atoms with E-state index in [4.69, 9.17) is 15.0 Å². The fourth-order valence-corrected chi connectivity index (χ4v) is 8.17. The molecule has 0 radical (unpaired) electrons. The first-order valence-electron chi connectivity index (χ1n) is 18.9. The molecule has 262 valence electrons. The van der Waals surface area contributed by atoms with Gasteiger partial charge in [0.1, 0.15) is 0 Å². The van der Waals surface area contributed by atoms with Crippen LogP contribution in [-0.4, -0.2) is 24.1 Å². The van der Waals surface area contributed by atoms with Gasteiger partial charge in [-0.15, -0.1) is 0 Å². The molecule has 8 aromatic carbocycles. The molecule has 0 saturated heterocycles. The van der Waals surface area contributed by atoms with Gasteiger partial charge in [-0.05, 0) is 70.8 Å². The normalized spacial score (nSPS) is 11.6. The maximum Gasteiger partial charge on any atom is 0.238 e. The van der Waals surface area contributed by atoms with Crippen molar-refractivity contribution in [3.05, 3.63) is 200 Å². The van der Waals surface area contributed by atoms with E-state index in [1.54, 1.807) is 0 Å². The second-order valence-electron chi connectivity index (χ2n) is 14.1. The van der Waals surface area contributed by atoms with Crippen molar-refractivity contribution in [2.75, 3.05) is 0 Å². The molecule has 5 nitrogen and oxygen atoms in total. The highest BCUT2D eigenvalue weighted by Gasteiger charge is 2.19. The van der Waals surface area contributed by atoms with E-state index in [1.165, 1.54) is 21.9 Å². The van der Waals surface area contributed by atoms with Crippen LogP contribution in [0.15, 0.2) is 200 Å². The van der Waals surface area contributed by atoms with Crippen molar-refractivity contribution < 1.29 is 0 Å². The Balaban J connectivity index is 1.12. The summed E-state index contributed by atoms with van der Waals surface area (Å²) >= 11 is 0. The van der Waals surface area contributed by atoms with Crippen LogP contribution >= 0.6 is 0 Å². The van der Waals surface area contributed by atoms with Crippen LogP contribution in [0.3, 0.4) is 0 Å². The lowest BCUT2D eigenvalue weighted by molar-refractivity contribution is 0.953. The number of hydrogen-bond donors (Lipinski definition) is 0. The van der Waals surface area contributed by atoms with E-state index < -0.39 is 0 Å². The maximum absolute atomic E-state index is 5.28. The van der Waals surface area contributed by atoms with Gasteiger partial charge in [-0.25, -0.2) is 4.98 Å². The number of fused-ring (bicyclic) bond motifs is 6. The Kier molecular flexibility index (Phi) is 7.42. The van der Waals surface area contributed by atoms with Gasteiger partial charge in [-0.2, -0.15) is 9.97 Å². The Morgan fingerprint density at radius 1 is 0.268 bits per heavy atom. The largest absolute Gasteiger partial charge is 0.309 e. The second kappa shape index (κ2) is 13.0. The third kappa shape index (κ3) is 5.29. The zero-order chi connectivity index (χ0) is 37.0. The topological polar surface area (TPSA) is 48.5 Å². The monoisotopic (exact) mass is 715 g/mol. The van der Waals surface area contributed by atoms with Gasteiger partial charge in [0, 0.05) is 38.4 Å². The minimum absolute atomic E-state index is 0.572. The second-order valence-corrected chi connectivity index (χ2v) is 14.1. The molecule has 0 amide bonds. The Bertz CT molecular complexity index is 3200. The molecule has 0 unspecified atom stereocenters. The number of nitrogens with zero attached hydrogens (tertiary/aromatic N) is 5. The van der Waals surface area contributed by atoms with Crippen molar-refractivity contribution in [2.24, 2.45) is 0 Å². The minimum Gasteiger partial charge on any atom is -0.309 e. The van der Waals surface area contributed by atoms with Crippen LogP contribution in [0.2, 0.25) is 0 Å². The molecule has 0 aliphatic rings. The molecule has 0 aliphatic heterocycles. The number of rotatable bonds is 6. The quantitative estimate of drug-likeness (QED) is 0.172. The van der Waals surface area contributed by atoms with Crippen LogP contribution in [0.25, 0.3) is 100 Å². The third-order valence-electron chi connectivity index (χ3n) is 10.8. The predicted molar refractivity (Wildman–Crippen MR) is 230 cm³/mol. The van der Waals surface area contributed by atoms with Gasteiger partial charge in [-0.3, -0.25) is 4.57 Å². The van der Waals surface area contributed by atoms with E-state index in [0.717, 1.165) is 60.8 Å². The number of para-hydroxylation sites is 3. The standard InChI is InChI=1S/C51H33N5/c1-3-15-34(16-4-1)36-19-13-20-38(31-36)49-52-50(54-51(53-49)56-46-27-11-7-23-41(46)42-24-8-12-28-47(42)56)39-21-14-22-40(32-39)55-45-26-10-9-25-43(45)44-33-37(29-30-48(44)55)35-17-5-2-6-18-35/h1-33H. The van der Waals surface area contributed by atoms with Crippen molar-refractivity contribution >= 4 is 43.6 Å². The molecule has 0 saturated carbocycles. The fourth-order valence-electron chi connectivity index (χ4n) is 8.17. The van der Waals surface area contributed by atoms with E-state index >= 15 is 0 Å². The van der Waals surface area contributed by atoms with E-state index in [-0.39, 0.29) is 0 Å². The highest BCUT2D eigenvalue weighted by molar-refractivity contribution is 6.11. The Hall–Kier alpha value is -7.63. The first-order valence-corrected chi connectivity index (χ1v) is 18.9. The summed E-state index contributed by atoms with van der Waals surface area (Å²) in [4.78, 5) is 15.7. The molecule has 0 fully saturated rings. The molecule has 0 spiro atoms. The Labute approximate surface area is 323 Å². The smallest absolute Gasteiger partial charge is 0.238 e. The predicted octanol–water partition coefficient (Wildman–Crippen LogP) is 12.7. The molecular formula is C51H33N5. The molecule has 0 bridgehead atoms. The molecule has 3 heterocycles. The van der Waals surface area contributed by atoms with Crippen molar-refractivity contribution in [1.82, 2.24) is 24.1 Å². The third-order valence-corrected chi connectivity index (χ3v) is 10.8. The first-order chi connectivity index (χ1) is 27.8. The summed E-state index contributed by atoms with van der Waals surface area (Å²) in [6.07, 6.45) is 0. The van der Waals surface area contributed by atoms with Crippen LogP contribution < -0.4 is 0 Å². The highest BCUT2D eigenvalue weighted by atomic mass is 15.2. The number of aromatic nitrogens is 5. The van der Waals surface area contributed by atoms with Gasteiger partial charge in [0.15, 0.2) is 11.6 Å². The Morgan fingerprint density at radius 3 is 1.34 bits per heavy atom. The first kappa shape index (κ1) is 31.9. The lowest BCUT2D eigenvalue weighted by Gasteiger charge is -2.13. The van der Waals surface area contributed by atoms with Crippen molar-refractivity contribution in [1.29, 1.82) is 0 Å². The summed E-state index contributed by atoms with van der Waals surface area (Å²) in [6.45, 7) is 0. The van der Waals surface area contributed by atoms with Crippen LogP contribution in [0.1, 0.15) is 0 Å². The SMILES string of the molecule is c1ccc(-c2cccc(-c3nc(-c4cccc(-n5c6ccccc6c6cc(-c7ccccc7)ccc65)c4)nc(-n4c5ccccc5c5ccccc54)n3)c2)cc1. The van der Waals surface area contributed by atoms with Gasteiger partial charge >= 0.3 is 0 Å². The zero-order valence-corrected chi connectivity index (χ0v) is 30.3. The van der Waals surface area contributed by atoms with Crippen LogP contribution in [-0.2, 0) is 0 Å². The summed E-state index contributed by atoms with van der Waals surface area (Å²) in [5.74, 6) is 1.79. The molecule has 5 heteroatoms. The molecule has 0 N–H and O–H groups in total. The molecule has 56 heavy (non-hydrogen) atoms. The van der Waals surface area contributed by atoms with Crippen molar-refractivity contribution in [2.45, 2.75) is 0 Å². The molecule has 3 aromatic heterocycles. The summed E-state index contributed by atoms with van der Waals surface area (Å²) < 4.78 is 4.52. The molecule has 0 atom stereocenters. The maximum atomic E-state index is 5.28. The number of hydrogen-bond acceptors (Lipinski definition) is 3. The van der Waals surface area contributed by atoms with Crippen molar-refractivity contribution in [3.63, 3.8) is 0 Å². The summed E-state index contributed by atoms with van der Waals surface area (Å²) in [5.41, 5.74) is 11.9. The summed E-state index contributed by atoms with van der Waals surface area (Å²) in [5, 5.41) is 4.73. The fraction of sp³-hybridized carbons (Fsp3) is 0. The lowest BCUT2D eigenvalue weighted by Crippen LogP contribution is -2.06. The van der Waals surface area contributed by atoms with Gasteiger partial charge in [0.2, 0.25) is 5.95 Å². The highest BCUT2D eigenvalue weighted by Crippen LogP contribution is 2.37. The molecule has 0 aliphatic carbocycles. The minimum atomic E-state index is 0.572. The van der Waals surface area contributed by atoms with Crippen LogP contribution in [0.4, 0.5) is 0 Å². The van der Waals surface area contributed by atoms with Gasteiger partial charge in [-0.1, -0.05) is 152 Å². The van der Waals surface area contributed by atoms with Crippen LogP contribution in [0, 0.1) is 0 Å². The number of benzene rings is 8. The van der Waals surface area contributed by atoms with Gasteiger partial charge in [0.05, 0.1) is 22.1 Å². The molecular weight excluding hydrogens is 683 g/mol. The molecule has 11 rings (SSSR count). The zero-order valence-electron chi connectivity index (χ0n) is 30.3. The summed E-state index contributed by atoms with van der Waals surface area (Å²) in [6, 6.07) is 70.4. The van der Waals surface area contributed by atoms with E-state index in [1.807, 2.05) is 6.07 Å². The van der Waals surface area contributed by atoms with E-state index in [0.29, 0.717) is 17.6 Å². The average molecular weight is 716 g/mol. The van der Waals surface area contributed by atoms with E-state index in [9.17, 15) is 0 Å². The van der Waals surface area contributed by atoms with Crippen LogP contribution in [0.5, 0.6) is 0 Å². The summed E-state index contributed by atoms with van der Waals surface area (Å²) in [7, 11) is 0. The molecule has 11 aromatic rings. The van der Waals surface area contributed by atoms with Crippen molar-refractivity contribution in [3.8, 4) is 56.7 Å². The van der Waals surface area contributed by atoms with Gasteiger partial charge in [0.25, 0.3) is 0 Å². The average Bonchev–Trinajstić information content (AvgIpc) is 3.80. The van der Waals surface area contributed by atoms with E-state index in [2.05, 4.69) is 203 Å². The van der Waals surface area contributed by atoms with Gasteiger partial charge < -0.3 is 4.57 Å². The lowest BCUT2D eigenvalue weighted by atomic mass is 10.0. The Morgan fingerprint density at radius 2 is 0.714 bits per heavy atom.